The summed E-state index contributed by atoms with van der Waals surface area (Å²) in [5.74, 6) is -1.07. The number of amides is 1. The van der Waals surface area contributed by atoms with Crippen molar-refractivity contribution in [2.45, 2.75) is 38.0 Å². The molecule has 114 valence electrons. The summed E-state index contributed by atoms with van der Waals surface area (Å²) in [6.45, 7) is 3.93. The van der Waals surface area contributed by atoms with Crippen molar-refractivity contribution < 1.29 is 14.7 Å². The normalized spacial score (nSPS) is 24.9. The van der Waals surface area contributed by atoms with E-state index in [1.165, 1.54) is 4.90 Å². The van der Waals surface area contributed by atoms with Crippen molar-refractivity contribution in [2.24, 2.45) is 5.41 Å². The number of carboxylic acids is 1. The number of carbonyl (C=O) groups excluding carboxylic acids is 1. The third kappa shape index (κ3) is 3.07. The molecule has 1 N–H and O–H groups in total. The lowest BCUT2D eigenvalue weighted by molar-refractivity contribution is -0.149. The van der Waals surface area contributed by atoms with Gasteiger partial charge in [0.2, 0.25) is 5.91 Å². The Morgan fingerprint density at radius 3 is 2.62 bits per heavy atom. The topological polar surface area (TPSA) is 57.6 Å². The van der Waals surface area contributed by atoms with E-state index in [2.05, 4.69) is 12.6 Å². The average molecular weight is 307 g/mol. The van der Waals surface area contributed by atoms with Gasteiger partial charge in [-0.15, -0.1) is 0 Å². The quantitative estimate of drug-likeness (QED) is 0.820. The Balaban J connectivity index is 2.12. The Hall–Kier alpha value is -1.49. The predicted octanol–water partition coefficient (Wildman–Crippen LogP) is 2.24. The zero-order chi connectivity index (χ0) is 15.6. The van der Waals surface area contributed by atoms with Crippen LogP contribution in [0.4, 0.5) is 0 Å². The molecule has 4 nitrogen and oxygen atoms in total. The molecule has 1 aromatic carbocycles. The largest absolute Gasteiger partial charge is 0.480 e. The monoisotopic (exact) mass is 307 g/mol. The standard InChI is InChI=1S/C16H21NO3S/c1-11(14(18)19)17-9-8-16(2,15(17)20)13(21)10-12-6-4-3-5-7-12/h3-7,11,13,21H,8-10H2,1-2H3,(H,18,19)/t11-,13?,16?/m0/s1. The number of benzene rings is 1. The molecule has 0 aromatic heterocycles. The average Bonchev–Trinajstić information content (AvgIpc) is 2.76. The highest BCUT2D eigenvalue weighted by Crippen LogP contribution is 2.39. The molecule has 0 radical (unpaired) electrons. The molecule has 1 fully saturated rings. The number of nitrogens with zero attached hydrogens (tertiary/aromatic N) is 1. The van der Waals surface area contributed by atoms with Crippen molar-refractivity contribution in [2.75, 3.05) is 6.54 Å². The van der Waals surface area contributed by atoms with Crippen LogP contribution in [0.1, 0.15) is 25.8 Å². The summed E-state index contributed by atoms with van der Waals surface area (Å²) in [4.78, 5) is 25.2. The second-order valence-corrected chi connectivity index (χ2v) is 6.51. The number of likely N-dealkylation sites (tertiary alicyclic amines) is 1. The smallest absolute Gasteiger partial charge is 0.326 e. The van der Waals surface area contributed by atoms with Gasteiger partial charge in [0.1, 0.15) is 6.04 Å². The molecule has 1 heterocycles. The van der Waals surface area contributed by atoms with E-state index in [0.29, 0.717) is 19.4 Å². The molecule has 21 heavy (non-hydrogen) atoms. The number of rotatable bonds is 5. The lowest BCUT2D eigenvalue weighted by Gasteiger charge is -2.30. The second-order valence-electron chi connectivity index (χ2n) is 5.89. The predicted molar refractivity (Wildman–Crippen MR) is 84.5 cm³/mol. The van der Waals surface area contributed by atoms with E-state index in [1.807, 2.05) is 37.3 Å². The Bertz CT molecular complexity index is 534. The van der Waals surface area contributed by atoms with Crippen LogP contribution >= 0.6 is 12.6 Å². The summed E-state index contributed by atoms with van der Waals surface area (Å²) >= 11 is 4.65. The van der Waals surface area contributed by atoms with Gasteiger partial charge in [0.25, 0.3) is 0 Å². The van der Waals surface area contributed by atoms with Gasteiger partial charge in [-0.05, 0) is 32.3 Å². The molecule has 0 bridgehead atoms. The van der Waals surface area contributed by atoms with Crippen LogP contribution in [0.2, 0.25) is 0 Å². The van der Waals surface area contributed by atoms with Gasteiger partial charge in [-0.25, -0.2) is 4.79 Å². The summed E-state index contributed by atoms with van der Waals surface area (Å²) in [6.07, 6.45) is 1.34. The maximum Gasteiger partial charge on any atom is 0.326 e. The maximum atomic E-state index is 12.6. The Morgan fingerprint density at radius 2 is 2.05 bits per heavy atom. The van der Waals surface area contributed by atoms with E-state index in [9.17, 15) is 9.59 Å². The van der Waals surface area contributed by atoms with E-state index >= 15 is 0 Å². The van der Waals surface area contributed by atoms with Crippen molar-refractivity contribution in [3.8, 4) is 0 Å². The highest BCUT2D eigenvalue weighted by Gasteiger charge is 2.49. The molecule has 1 aliphatic rings. The Morgan fingerprint density at radius 1 is 1.43 bits per heavy atom. The third-order valence-corrected chi connectivity index (χ3v) is 5.21. The van der Waals surface area contributed by atoms with Crippen LogP contribution < -0.4 is 0 Å². The molecule has 2 unspecified atom stereocenters. The molecule has 3 atom stereocenters. The first-order chi connectivity index (χ1) is 9.86. The van der Waals surface area contributed by atoms with Gasteiger partial charge in [-0.3, -0.25) is 4.79 Å². The number of carbonyl (C=O) groups is 2. The van der Waals surface area contributed by atoms with E-state index in [-0.39, 0.29) is 11.2 Å². The maximum absolute atomic E-state index is 12.6. The summed E-state index contributed by atoms with van der Waals surface area (Å²) in [7, 11) is 0. The number of hydrogen-bond acceptors (Lipinski definition) is 3. The van der Waals surface area contributed by atoms with E-state index < -0.39 is 17.4 Å². The van der Waals surface area contributed by atoms with Crippen LogP contribution in [0.3, 0.4) is 0 Å². The van der Waals surface area contributed by atoms with Crippen molar-refractivity contribution in [3.05, 3.63) is 35.9 Å². The highest BCUT2D eigenvalue weighted by molar-refractivity contribution is 7.81. The van der Waals surface area contributed by atoms with E-state index in [4.69, 9.17) is 5.11 Å². The fourth-order valence-corrected chi connectivity index (χ4v) is 3.21. The summed E-state index contributed by atoms with van der Waals surface area (Å²) < 4.78 is 0. The van der Waals surface area contributed by atoms with Gasteiger partial charge in [-0.2, -0.15) is 12.6 Å². The van der Waals surface area contributed by atoms with Crippen LogP contribution in [0, 0.1) is 5.41 Å². The minimum atomic E-state index is -0.966. The van der Waals surface area contributed by atoms with Gasteiger partial charge in [0.15, 0.2) is 0 Å². The van der Waals surface area contributed by atoms with E-state index in [1.54, 1.807) is 6.92 Å². The number of hydrogen-bond donors (Lipinski definition) is 2. The van der Waals surface area contributed by atoms with Gasteiger partial charge < -0.3 is 10.0 Å². The fourth-order valence-electron chi connectivity index (χ4n) is 2.76. The summed E-state index contributed by atoms with van der Waals surface area (Å²) in [6, 6.07) is 9.14. The van der Waals surface area contributed by atoms with Crippen molar-refractivity contribution in [3.63, 3.8) is 0 Å². The molecule has 1 saturated heterocycles. The number of aliphatic carboxylic acids is 1. The zero-order valence-corrected chi connectivity index (χ0v) is 13.2. The molecule has 1 aromatic rings. The molecule has 5 heteroatoms. The van der Waals surface area contributed by atoms with Crippen LogP contribution in [0.25, 0.3) is 0 Å². The minimum Gasteiger partial charge on any atom is -0.480 e. The van der Waals surface area contributed by atoms with Crippen molar-refractivity contribution >= 4 is 24.5 Å². The van der Waals surface area contributed by atoms with E-state index in [0.717, 1.165) is 5.56 Å². The summed E-state index contributed by atoms with van der Waals surface area (Å²) in [5.41, 5.74) is 0.527. The second kappa shape index (κ2) is 6.10. The lowest BCUT2D eigenvalue weighted by atomic mass is 9.82. The molecule has 2 rings (SSSR count). The molecule has 1 amide bonds. The third-order valence-electron chi connectivity index (χ3n) is 4.45. The molecular weight excluding hydrogens is 286 g/mol. The first-order valence-corrected chi connectivity index (χ1v) is 7.64. The van der Waals surface area contributed by atoms with Gasteiger partial charge >= 0.3 is 5.97 Å². The fraction of sp³-hybridized carbons (Fsp3) is 0.500. The van der Waals surface area contributed by atoms with Gasteiger partial charge in [-0.1, -0.05) is 30.3 Å². The van der Waals surface area contributed by atoms with Crippen molar-refractivity contribution in [1.29, 1.82) is 0 Å². The molecular formula is C16H21NO3S. The Labute approximate surface area is 130 Å². The van der Waals surface area contributed by atoms with Crippen LogP contribution in [0.15, 0.2) is 30.3 Å². The number of carboxylic acid groups (broad SMARTS) is 1. The van der Waals surface area contributed by atoms with Crippen LogP contribution in [-0.4, -0.2) is 39.7 Å². The highest BCUT2D eigenvalue weighted by atomic mass is 32.1. The minimum absolute atomic E-state index is 0.103. The SMILES string of the molecule is C[C@@H](C(=O)O)N1CCC(C)(C(S)Cc2ccccc2)C1=O. The van der Waals surface area contributed by atoms with Crippen molar-refractivity contribution in [1.82, 2.24) is 4.90 Å². The first-order valence-electron chi connectivity index (χ1n) is 7.12. The molecule has 1 aliphatic heterocycles. The first kappa shape index (κ1) is 15.9. The van der Waals surface area contributed by atoms with Crippen LogP contribution in [-0.2, 0) is 16.0 Å². The summed E-state index contributed by atoms with van der Waals surface area (Å²) in [5, 5.41) is 8.96. The van der Waals surface area contributed by atoms with Gasteiger partial charge in [0.05, 0.1) is 5.41 Å². The van der Waals surface area contributed by atoms with Crippen LogP contribution in [0.5, 0.6) is 0 Å². The van der Waals surface area contributed by atoms with Gasteiger partial charge in [0, 0.05) is 11.8 Å². The lowest BCUT2D eigenvalue weighted by Crippen LogP contribution is -2.45. The molecule has 0 aliphatic carbocycles. The zero-order valence-electron chi connectivity index (χ0n) is 12.3. The molecule has 0 saturated carbocycles. The number of thiol groups is 1. The molecule has 0 spiro atoms. The Kier molecular flexibility index (Phi) is 4.61.